The molecule has 0 bridgehead atoms. The average molecular weight is 187 g/mol. The molecule has 3 N–H and O–H groups in total. The minimum Gasteiger partial charge on any atom is -0.481 e. The third-order valence-electron chi connectivity index (χ3n) is 2.35. The van der Waals surface area contributed by atoms with E-state index in [1.54, 1.807) is 0 Å². The van der Waals surface area contributed by atoms with Gasteiger partial charge in [0, 0.05) is 6.54 Å². The fourth-order valence-corrected chi connectivity index (χ4v) is 1.60. The Balaban J connectivity index is 2.72. The van der Waals surface area contributed by atoms with E-state index in [0.29, 0.717) is 13.0 Å². The second-order valence-electron chi connectivity index (χ2n) is 3.24. The fourth-order valence-electron chi connectivity index (χ4n) is 1.60. The van der Waals surface area contributed by atoms with Gasteiger partial charge in [-0.2, -0.15) is 0 Å². The molecule has 1 unspecified atom stereocenters. The van der Waals surface area contributed by atoms with Crippen LogP contribution in [0.5, 0.6) is 0 Å². The lowest BCUT2D eigenvalue weighted by molar-refractivity contribution is -0.153. The summed E-state index contributed by atoms with van der Waals surface area (Å²) in [5, 5.41) is 20.5. The van der Waals surface area contributed by atoms with Crippen LogP contribution in [0.2, 0.25) is 0 Å². The van der Waals surface area contributed by atoms with Gasteiger partial charge in [-0.15, -0.1) is 0 Å². The number of aliphatic carboxylic acids is 2. The molecule has 0 saturated carbocycles. The Kier molecular flexibility index (Phi) is 3.25. The number of carboxylic acid groups (broad SMARTS) is 2. The van der Waals surface area contributed by atoms with Gasteiger partial charge >= 0.3 is 11.9 Å². The molecule has 0 aromatic carbocycles. The molecule has 0 amide bonds. The number of rotatable bonds is 2. The number of nitrogens with one attached hydrogen (secondary N) is 1. The second-order valence-corrected chi connectivity index (χ2v) is 3.24. The highest BCUT2D eigenvalue weighted by Crippen LogP contribution is 2.20. The summed E-state index contributed by atoms with van der Waals surface area (Å²) in [6.07, 6.45) is 1.17. The normalized spacial score (nSPS) is 29.2. The van der Waals surface area contributed by atoms with Crippen LogP contribution in [0.25, 0.3) is 0 Å². The summed E-state index contributed by atoms with van der Waals surface area (Å²) in [6.45, 7) is 0.958. The van der Waals surface area contributed by atoms with Crippen molar-refractivity contribution in [1.29, 1.82) is 0 Å². The highest BCUT2D eigenvalue weighted by Gasteiger charge is 2.34. The number of carboxylic acids is 2. The third-order valence-corrected chi connectivity index (χ3v) is 2.35. The van der Waals surface area contributed by atoms with Crippen molar-refractivity contribution >= 4 is 11.9 Å². The van der Waals surface area contributed by atoms with Gasteiger partial charge in [-0.3, -0.25) is 9.59 Å². The van der Waals surface area contributed by atoms with E-state index in [9.17, 15) is 9.59 Å². The minimum atomic E-state index is -1.03. The van der Waals surface area contributed by atoms with Crippen molar-refractivity contribution < 1.29 is 19.8 Å². The molecule has 0 aromatic heterocycles. The summed E-state index contributed by atoms with van der Waals surface area (Å²) in [5.74, 6) is -3.56. The predicted molar refractivity (Wildman–Crippen MR) is 44.4 cm³/mol. The summed E-state index contributed by atoms with van der Waals surface area (Å²) in [7, 11) is 0. The van der Waals surface area contributed by atoms with Gasteiger partial charge in [0.1, 0.15) is 0 Å². The lowest BCUT2D eigenvalue weighted by Crippen LogP contribution is -2.34. The zero-order chi connectivity index (χ0) is 9.84. The maximum Gasteiger partial charge on any atom is 0.308 e. The van der Waals surface area contributed by atoms with Crippen LogP contribution in [0.15, 0.2) is 0 Å². The van der Waals surface area contributed by atoms with Crippen LogP contribution in [0.3, 0.4) is 0 Å². The van der Waals surface area contributed by atoms with E-state index >= 15 is 0 Å². The zero-order valence-corrected chi connectivity index (χ0v) is 7.19. The highest BCUT2D eigenvalue weighted by molar-refractivity contribution is 5.80. The molecule has 0 aromatic rings. The first kappa shape index (κ1) is 9.98. The number of carbonyl (C=O) groups is 2. The van der Waals surface area contributed by atoms with Gasteiger partial charge in [-0.05, 0) is 19.4 Å². The SMILES string of the molecule is O=C(O)C1CCCNC[C@H]1C(=O)O. The first-order chi connectivity index (χ1) is 6.13. The van der Waals surface area contributed by atoms with Crippen LogP contribution < -0.4 is 5.32 Å². The second kappa shape index (κ2) is 4.23. The molecule has 1 aliphatic heterocycles. The monoisotopic (exact) mass is 187 g/mol. The molecule has 1 heterocycles. The van der Waals surface area contributed by atoms with Crippen molar-refractivity contribution in [2.45, 2.75) is 12.8 Å². The van der Waals surface area contributed by atoms with Crippen molar-refractivity contribution in [3.63, 3.8) is 0 Å². The topological polar surface area (TPSA) is 86.6 Å². The maximum atomic E-state index is 10.7. The van der Waals surface area contributed by atoms with Crippen molar-refractivity contribution in [1.82, 2.24) is 5.32 Å². The molecule has 2 atom stereocenters. The van der Waals surface area contributed by atoms with E-state index in [2.05, 4.69) is 5.32 Å². The van der Waals surface area contributed by atoms with Gasteiger partial charge in [-0.25, -0.2) is 0 Å². The molecule has 1 fully saturated rings. The van der Waals surface area contributed by atoms with E-state index in [1.807, 2.05) is 0 Å². The average Bonchev–Trinajstić information content (AvgIpc) is 2.27. The Labute approximate surface area is 75.7 Å². The Morgan fingerprint density at radius 3 is 2.31 bits per heavy atom. The summed E-state index contributed by atoms with van der Waals surface area (Å²) in [6, 6.07) is 0. The lowest BCUT2D eigenvalue weighted by Gasteiger charge is -2.16. The van der Waals surface area contributed by atoms with Crippen LogP contribution in [-0.2, 0) is 9.59 Å². The number of hydrogen-bond acceptors (Lipinski definition) is 3. The summed E-state index contributed by atoms with van der Waals surface area (Å²) in [5.41, 5.74) is 0. The van der Waals surface area contributed by atoms with E-state index in [0.717, 1.165) is 6.42 Å². The smallest absolute Gasteiger partial charge is 0.308 e. The van der Waals surface area contributed by atoms with E-state index in [1.165, 1.54) is 0 Å². The molecule has 5 nitrogen and oxygen atoms in total. The molecule has 1 rings (SSSR count). The van der Waals surface area contributed by atoms with E-state index in [4.69, 9.17) is 10.2 Å². The number of hydrogen-bond donors (Lipinski definition) is 3. The van der Waals surface area contributed by atoms with Crippen LogP contribution in [0, 0.1) is 11.8 Å². The molecule has 13 heavy (non-hydrogen) atoms. The quantitative estimate of drug-likeness (QED) is 0.556. The Morgan fingerprint density at radius 1 is 1.15 bits per heavy atom. The summed E-state index contributed by atoms with van der Waals surface area (Å²) < 4.78 is 0. The first-order valence-corrected chi connectivity index (χ1v) is 4.29. The Morgan fingerprint density at radius 2 is 1.77 bits per heavy atom. The zero-order valence-electron chi connectivity index (χ0n) is 7.19. The van der Waals surface area contributed by atoms with Crippen molar-refractivity contribution in [2.75, 3.05) is 13.1 Å². The molecular formula is C8H13NO4. The maximum absolute atomic E-state index is 10.7. The van der Waals surface area contributed by atoms with Gasteiger partial charge in [0.15, 0.2) is 0 Å². The van der Waals surface area contributed by atoms with Crippen molar-refractivity contribution in [3.05, 3.63) is 0 Å². The predicted octanol–water partition coefficient (Wildman–Crippen LogP) is -0.229. The van der Waals surface area contributed by atoms with E-state index in [-0.39, 0.29) is 6.54 Å². The van der Waals surface area contributed by atoms with Gasteiger partial charge in [0.25, 0.3) is 0 Å². The summed E-state index contributed by atoms with van der Waals surface area (Å²) in [4.78, 5) is 21.4. The molecule has 1 saturated heterocycles. The minimum absolute atomic E-state index is 0.256. The third kappa shape index (κ3) is 2.42. The molecule has 1 aliphatic rings. The van der Waals surface area contributed by atoms with Crippen LogP contribution >= 0.6 is 0 Å². The largest absolute Gasteiger partial charge is 0.481 e. The first-order valence-electron chi connectivity index (χ1n) is 4.29. The molecule has 74 valence electrons. The molecular weight excluding hydrogens is 174 g/mol. The van der Waals surface area contributed by atoms with Gasteiger partial charge in [-0.1, -0.05) is 0 Å². The molecule has 0 radical (unpaired) electrons. The highest BCUT2D eigenvalue weighted by atomic mass is 16.4. The standard InChI is InChI=1S/C8H13NO4/c10-7(11)5-2-1-3-9-4-6(5)8(12)13/h5-6,9H,1-4H2,(H,10,11)(H,12,13)/t5?,6-/m1/s1. The van der Waals surface area contributed by atoms with Crippen LogP contribution in [0.4, 0.5) is 0 Å². The Bertz CT molecular complexity index is 194. The van der Waals surface area contributed by atoms with Crippen molar-refractivity contribution in [2.24, 2.45) is 11.8 Å². The van der Waals surface area contributed by atoms with Crippen LogP contribution in [-0.4, -0.2) is 35.2 Å². The van der Waals surface area contributed by atoms with Gasteiger partial charge in [0.05, 0.1) is 11.8 Å². The molecule has 0 aliphatic carbocycles. The lowest BCUT2D eigenvalue weighted by atomic mass is 9.89. The van der Waals surface area contributed by atoms with Gasteiger partial charge in [0.2, 0.25) is 0 Å². The van der Waals surface area contributed by atoms with Crippen molar-refractivity contribution in [3.8, 4) is 0 Å². The fraction of sp³-hybridized carbons (Fsp3) is 0.750. The molecule has 5 heteroatoms. The Hall–Kier alpha value is -1.10. The van der Waals surface area contributed by atoms with E-state index < -0.39 is 23.8 Å². The van der Waals surface area contributed by atoms with Gasteiger partial charge < -0.3 is 15.5 Å². The molecule has 0 spiro atoms. The van der Waals surface area contributed by atoms with Crippen LogP contribution in [0.1, 0.15) is 12.8 Å². The summed E-state index contributed by atoms with van der Waals surface area (Å²) >= 11 is 0.